The molecule has 0 bridgehead atoms. The number of thiol groups is 1. The average molecular weight is 253 g/mol. The van der Waals surface area contributed by atoms with Gasteiger partial charge >= 0.3 is 0 Å². The van der Waals surface area contributed by atoms with E-state index in [1.54, 1.807) is 0 Å². The van der Waals surface area contributed by atoms with Gasteiger partial charge in [0.05, 0.1) is 12.6 Å². The zero-order chi connectivity index (χ0) is 12.3. The topological polar surface area (TPSA) is 41.9 Å². The van der Waals surface area contributed by atoms with Crippen LogP contribution in [-0.2, 0) is 9.26 Å². The number of hydroxylamine groups is 2. The van der Waals surface area contributed by atoms with E-state index >= 15 is 0 Å². The highest BCUT2D eigenvalue weighted by Crippen LogP contribution is 2.27. The van der Waals surface area contributed by atoms with Crippen molar-refractivity contribution in [2.45, 2.75) is 24.3 Å². The molecular formula is C6H13B2FNO3PS. The molecule has 5 atom stereocenters. The van der Waals surface area contributed by atoms with Gasteiger partial charge in [-0.2, -0.15) is 5.06 Å². The van der Waals surface area contributed by atoms with Crippen LogP contribution in [-0.4, -0.2) is 63.7 Å². The van der Waals surface area contributed by atoms with Gasteiger partial charge in [-0.15, -0.1) is 0 Å². The molecule has 2 radical (unpaired) electrons. The molecule has 0 aliphatic carbocycles. The number of alkyl halides is 1. The lowest BCUT2D eigenvalue weighted by Crippen LogP contribution is -2.43. The minimum absolute atomic E-state index is 0.0814. The summed E-state index contributed by atoms with van der Waals surface area (Å²) in [6.07, 6.45) is -2.73. The van der Waals surface area contributed by atoms with Crippen molar-refractivity contribution in [2.75, 3.05) is 13.7 Å². The molecule has 1 aliphatic heterocycles. The van der Waals surface area contributed by atoms with Crippen molar-refractivity contribution in [1.29, 1.82) is 1.34 Å². The highest BCUT2D eigenvalue weighted by atomic mass is 32.1. The molecule has 1 N–H and O–H groups in total. The number of nitrogens with zero attached hydrogens (tertiary/aromatic N) is 1. The summed E-state index contributed by atoms with van der Waals surface area (Å²) in [5, 5.41) is 10.0. The maximum absolute atomic E-state index is 13.5. The van der Waals surface area contributed by atoms with Crippen molar-refractivity contribution >= 4 is 35.3 Å². The van der Waals surface area contributed by atoms with E-state index in [0.29, 0.717) is 0 Å². The van der Waals surface area contributed by atoms with E-state index < -0.39 is 30.6 Å². The highest BCUT2D eigenvalue weighted by molar-refractivity contribution is 8.22. The van der Waals surface area contributed by atoms with E-state index in [1.165, 1.54) is 7.05 Å². The van der Waals surface area contributed by atoms with Gasteiger partial charge < -0.3 is 14.5 Å². The molecule has 0 saturated carbocycles. The minimum atomic E-state index is -1.46. The fourth-order valence-corrected chi connectivity index (χ4v) is 2.07. The molecule has 84 valence electrons. The Morgan fingerprint density at radius 2 is 2.60 bits per heavy atom. The van der Waals surface area contributed by atoms with Crippen LogP contribution in [0.1, 0.15) is 0 Å². The average Bonchev–Trinajstić information content (AvgIpc) is 2.42. The van der Waals surface area contributed by atoms with E-state index in [2.05, 4.69) is 12.5 Å². The Bertz CT molecular complexity index is 234. The van der Waals surface area contributed by atoms with Crippen LogP contribution in [0.4, 0.5) is 4.39 Å². The van der Waals surface area contributed by atoms with Crippen molar-refractivity contribution < 1.29 is 18.9 Å². The Labute approximate surface area is 99.0 Å². The Kier molecular flexibility index (Phi) is 5.20. The second kappa shape index (κ2) is 6.42. The molecule has 2 unspecified atom stereocenters. The molecular weight excluding hydrogens is 238 g/mol. The zero-order valence-electron chi connectivity index (χ0n) is 9.21. The predicted octanol–water partition coefficient (Wildman–Crippen LogP) is -0.286. The number of ether oxygens (including phenoxy) is 1. The van der Waals surface area contributed by atoms with Gasteiger partial charge in [0.15, 0.2) is 0 Å². The van der Waals surface area contributed by atoms with Gasteiger partial charge in [0.2, 0.25) is 6.24 Å². The largest absolute Gasteiger partial charge is 0.377 e. The highest BCUT2D eigenvalue weighted by Gasteiger charge is 2.44. The minimum Gasteiger partial charge on any atom is -0.377 e. The maximum atomic E-state index is 13.5. The molecule has 9 heteroatoms. The molecule has 1 saturated heterocycles. The van der Waals surface area contributed by atoms with Crippen LogP contribution in [0.2, 0.25) is 0 Å². The summed E-state index contributed by atoms with van der Waals surface area (Å²) < 4.78 is 30.9. The van der Waals surface area contributed by atoms with Crippen LogP contribution < -0.4 is 0 Å². The van der Waals surface area contributed by atoms with Crippen LogP contribution in [0.5, 0.6) is 0 Å². The molecule has 0 amide bonds. The Morgan fingerprint density at radius 3 is 3.13 bits per heavy atom. The normalized spacial score (nSPS) is 37.8. The molecule has 15 heavy (non-hydrogen) atoms. The zero-order valence-corrected chi connectivity index (χ0v) is 10.1. The van der Waals surface area contributed by atoms with Gasteiger partial charge in [-0.25, -0.2) is 16.9 Å². The summed E-state index contributed by atoms with van der Waals surface area (Å²) in [5.74, 6) is 0. The predicted molar refractivity (Wildman–Crippen MR) is 63.1 cm³/mol. The van der Waals surface area contributed by atoms with E-state index in [0.717, 1.165) is 5.06 Å². The number of hydrogen-bond donors (Lipinski definition) is 2. The van der Waals surface area contributed by atoms with E-state index in [4.69, 9.17) is 18.4 Å². The van der Waals surface area contributed by atoms with Gasteiger partial charge in [-0.3, -0.25) is 0 Å². The van der Waals surface area contributed by atoms with Gasteiger partial charge in [0.25, 0.3) is 0 Å². The Morgan fingerprint density at radius 1 is 1.93 bits per heavy atom. The first-order chi connectivity index (χ1) is 7.43. The fraction of sp³-hybridized carbons (Fsp3) is 1.00. The first-order valence-electron chi connectivity index (χ1n) is 4.95. The summed E-state index contributed by atoms with van der Waals surface area (Å²) in [7, 11) is 6.59. The number of rotatable bonds is 5. The number of halogens is 1. The van der Waals surface area contributed by atoms with Gasteiger partial charge in [-0.1, -0.05) is 0 Å². The van der Waals surface area contributed by atoms with Crippen molar-refractivity contribution in [3.8, 4) is 0 Å². The van der Waals surface area contributed by atoms with Crippen molar-refractivity contribution in [1.82, 2.24) is 5.06 Å². The van der Waals surface area contributed by atoms with Crippen LogP contribution >= 0.6 is 21.2 Å². The summed E-state index contributed by atoms with van der Waals surface area (Å²) in [4.78, 5) is 0. The van der Waals surface area contributed by atoms with Gasteiger partial charge in [-0.05, 0) is 8.69 Å². The third kappa shape index (κ3) is 3.58. The first-order valence-corrected chi connectivity index (χ1v) is 5.88. The molecule has 0 aromatic heterocycles. The third-order valence-corrected chi connectivity index (χ3v) is 2.92. The second-order valence-electron chi connectivity index (χ2n) is 3.21. The third-order valence-electron chi connectivity index (χ3n) is 2.17. The van der Waals surface area contributed by atoms with Crippen molar-refractivity contribution in [3.05, 3.63) is 0 Å². The molecule has 1 fully saturated rings. The summed E-state index contributed by atoms with van der Waals surface area (Å²) >= 11 is 3.83. The molecule has 1 heterocycles. The van der Waals surface area contributed by atoms with Crippen LogP contribution in [0.3, 0.4) is 0 Å². The molecule has 0 aromatic carbocycles. The standard InChI is InChI=1S/C6H13B2FNO3PS/c1-10(11)5-3(2-12-14-8-15)13-6(7)4(5)9/h3-6,8,11,14-15H,2H2,1H3/t3-,4?,5+,6-/m1/s1/i8T. The number of hydrogen-bond acceptors (Lipinski definition) is 5. The van der Waals surface area contributed by atoms with Crippen LogP contribution in [0, 0.1) is 0 Å². The lowest BCUT2D eigenvalue weighted by Gasteiger charge is -2.24. The second-order valence-corrected chi connectivity index (χ2v) is 4.76. The lowest BCUT2D eigenvalue weighted by molar-refractivity contribution is -0.132. The summed E-state index contributed by atoms with van der Waals surface area (Å²) in [5.41, 5.74) is 0. The van der Waals surface area contributed by atoms with Crippen LogP contribution in [0.25, 0.3) is 0 Å². The van der Waals surface area contributed by atoms with E-state index in [-0.39, 0.29) is 15.3 Å². The molecule has 1 rings (SSSR count). The molecule has 1 aliphatic rings. The summed E-state index contributed by atoms with van der Waals surface area (Å²) in [6.45, 7) is 0.0814. The van der Waals surface area contributed by atoms with E-state index in [9.17, 15) is 9.60 Å². The SMILES string of the molecule is [3H]B(S)POC[C@H]1O[C@@H]([B])C(F)[C@H]1N(C)O. The van der Waals surface area contributed by atoms with Crippen LogP contribution in [0.15, 0.2) is 0 Å². The molecule has 4 nitrogen and oxygen atoms in total. The monoisotopic (exact) mass is 253 g/mol. The smallest absolute Gasteiger partial charge is 0.244 e. The quantitative estimate of drug-likeness (QED) is 0.306. The molecule has 0 spiro atoms. The Balaban J connectivity index is 2.45. The van der Waals surface area contributed by atoms with Gasteiger partial charge in [0.1, 0.15) is 20.1 Å². The Hall–Kier alpha value is 0.680. The van der Waals surface area contributed by atoms with E-state index in [1.807, 2.05) is 0 Å². The van der Waals surface area contributed by atoms with Crippen molar-refractivity contribution in [3.63, 3.8) is 0 Å². The maximum Gasteiger partial charge on any atom is 0.244 e. The lowest BCUT2D eigenvalue weighted by atomic mass is 9.93. The molecule has 0 aromatic rings. The first kappa shape index (κ1) is 12.1. The van der Waals surface area contributed by atoms with Crippen molar-refractivity contribution in [2.24, 2.45) is 0 Å². The summed E-state index contributed by atoms with van der Waals surface area (Å²) in [6, 6.07) is -1.90. The number of likely N-dealkylation sites (N-methyl/N-ethyl adjacent to an activating group) is 1. The fourth-order valence-electron chi connectivity index (χ4n) is 1.51. The van der Waals surface area contributed by atoms with Gasteiger partial charge in [0, 0.05) is 14.4 Å².